The van der Waals surface area contributed by atoms with Crippen molar-refractivity contribution in [3.63, 3.8) is 0 Å². The Kier molecular flexibility index (Phi) is 6.96. The van der Waals surface area contributed by atoms with E-state index in [2.05, 4.69) is 17.6 Å². The number of benzene rings is 1. The molecule has 0 spiro atoms. The average molecular weight is 348 g/mol. The molecule has 1 fully saturated rings. The maximum Gasteiger partial charge on any atom is 0.251 e. The largest absolute Gasteiger partial charge is 0.366 e. The second-order valence-corrected chi connectivity index (χ2v) is 6.87. The van der Waals surface area contributed by atoms with Gasteiger partial charge in [-0.25, -0.2) is 0 Å². The van der Waals surface area contributed by atoms with Crippen LogP contribution in [0.2, 0.25) is 0 Å². The molecule has 1 aliphatic rings. The molecule has 0 aliphatic carbocycles. The summed E-state index contributed by atoms with van der Waals surface area (Å²) in [5.41, 5.74) is 1.69. The molecule has 6 nitrogen and oxygen atoms in total. The Hall–Kier alpha value is -1.92. The van der Waals surface area contributed by atoms with E-state index in [-0.39, 0.29) is 17.7 Å². The van der Waals surface area contributed by atoms with Crippen LogP contribution in [-0.2, 0) is 16.0 Å². The van der Waals surface area contributed by atoms with Crippen LogP contribution in [0.1, 0.15) is 49.5 Å². The number of hydrogen-bond donors (Lipinski definition) is 3. The van der Waals surface area contributed by atoms with Gasteiger partial charge < -0.3 is 20.5 Å². The minimum Gasteiger partial charge on any atom is -0.366 e. The monoisotopic (exact) mass is 348 g/mol. The van der Waals surface area contributed by atoms with Crippen molar-refractivity contribution in [2.75, 3.05) is 6.61 Å². The molecule has 2 rings (SSSR count). The number of hydrogen-bond acceptors (Lipinski definition) is 4. The SMILES string of the molecule is CCc1ccc(C(=O)N[C@@H](CC(C)C)C(=O)N[C@H]2CCOC2O)cc1. The normalized spacial score (nSPS) is 21.2. The lowest BCUT2D eigenvalue weighted by molar-refractivity contribution is -0.127. The highest BCUT2D eigenvalue weighted by Gasteiger charge is 2.31. The van der Waals surface area contributed by atoms with Crippen molar-refractivity contribution in [3.8, 4) is 0 Å². The highest BCUT2D eigenvalue weighted by Crippen LogP contribution is 2.13. The summed E-state index contributed by atoms with van der Waals surface area (Å²) in [7, 11) is 0. The predicted molar refractivity (Wildman–Crippen MR) is 95.0 cm³/mol. The minimum atomic E-state index is -0.985. The molecule has 0 radical (unpaired) electrons. The van der Waals surface area contributed by atoms with E-state index in [0.29, 0.717) is 25.0 Å². The van der Waals surface area contributed by atoms with Crippen LogP contribution in [0.25, 0.3) is 0 Å². The van der Waals surface area contributed by atoms with Crippen LogP contribution in [0, 0.1) is 5.92 Å². The molecule has 1 heterocycles. The Bertz CT molecular complexity index is 586. The van der Waals surface area contributed by atoms with Crippen molar-refractivity contribution in [2.45, 2.75) is 58.4 Å². The summed E-state index contributed by atoms with van der Waals surface area (Å²) in [4.78, 5) is 25.0. The third kappa shape index (κ3) is 5.54. The standard InChI is InChI=1S/C19H28N2O4/c1-4-13-5-7-14(8-6-13)17(22)21-16(11-12(2)3)18(23)20-15-9-10-25-19(15)24/h5-8,12,15-16,19,24H,4,9-11H2,1-3H3,(H,20,23)(H,21,22)/t15-,16-,19?/m0/s1. The zero-order chi connectivity index (χ0) is 18.4. The van der Waals surface area contributed by atoms with Crippen LogP contribution in [0.4, 0.5) is 0 Å². The highest BCUT2D eigenvalue weighted by molar-refractivity contribution is 5.97. The van der Waals surface area contributed by atoms with Gasteiger partial charge in [-0.05, 0) is 42.9 Å². The Balaban J connectivity index is 2.02. The molecule has 25 heavy (non-hydrogen) atoms. The Morgan fingerprint density at radius 2 is 1.96 bits per heavy atom. The maximum atomic E-state index is 12.6. The van der Waals surface area contributed by atoms with Gasteiger partial charge in [-0.15, -0.1) is 0 Å². The number of aliphatic hydroxyl groups excluding tert-OH is 1. The van der Waals surface area contributed by atoms with Crippen molar-refractivity contribution >= 4 is 11.8 Å². The first kappa shape index (κ1) is 19.4. The summed E-state index contributed by atoms with van der Waals surface area (Å²) in [6.45, 7) is 6.46. The summed E-state index contributed by atoms with van der Waals surface area (Å²) < 4.78 is 5.05. The molecule has 3 atom stereocenters. The minimum absolute atomic E-state index is 0.239. The molecule has 6 heteroatoms. The topological polar surface area (TPSA) is 87.7 Å². The van der Waals surface area contributed by atoms with E-state index in [0.717, 1.165) is 12.0 Å². The van der Waals surface area contributed by atoms with Crippen molar-refractivity contribution in [3.05, 3.63) is 35.4 Å². The predicted octanol–water partition coefficient (Wildman–Crippen LogP) is 1.62. The van der Waals surface area contributed by atoms with Gasteiger partial charge in [-0.1, -0.05) is 32.9 Å². The first-order chi connectivity index (χ1) is 11.9. The second-order valence-electron chi connectivity index (χ2n) is 6.87. The Morgan fingerprint density at radius 3 is 2.48 bits per heavy atom. The fourth-order valence-corrected chi connectivity index (χ4v) is 2.84. The van der Waals surface area contributed by atoms with E-state index >= 15 is 0 Å². The fraction of sp³-hybridized carbons (Fsp3) is 0.579. The van der Waals surface area contributed by atoms with Gasteiger partial charge in [0.1, 0.15) is 6.04 Å². The van der Waals surface area contributed by atoms with Crippen LogP contribution in [0.3, 0.4) is 0 Å². The van der Waals surface area contributed by atoms with E-state index in [1.165, 1.54) is 0 Å². The van der Waals surface area contributed by atoms with Crippen molar-refractivity contribution in [1.29, 1.82) is 0 Å². The molecular formula is C19H28N2O4. The maximum absolute atomic E-state index is 12.6. The molecule has 1 aliphatic heterocycles. The van der Waals surface area contributed by atoms with E-state index < -0.39 is 18.4 Å². The average Bonchev–Trinajstić information content (AvgIpc) is 2.98. The number of ether oxygens (including phenoxy) is 1. The van der Waals surface area contributed by atoms with Crippen LogP contribution in [0.5, 0.6) is 0 Å². The van der Waals surface area contributed by atoms with E-state index in [9.17, 15) is 14.7 Å². The van der Waals surface area contributed by atoms with Gasteiger partial charge in [-0.3, -0.25) is 9.59 Å². The highest BCUT2D eigenvalue weighted by atomic mass is 16.6. The summed E-state index contributed by atoms with van der Waals surface area (Å²) >= 11 is 0. The Morgan fingerprint density at radius 1 is 1.28 bits per heavy atom. The quantitative estimate of drug-likeness (QED) is 0.699. The van der Waals surface area contributed by atoms with E-state index in [4.69, 9.17) is 4.74 Å². The molecule has 1 unspecified atom stereocenters. The molecule has 0 saturated carbocycles. The lowest BCUT2D eigenvalue weighted by Crippen LogP contribution is -2.51. The third-order valence-electron chi connectivity index (χ3n) is 4.34. The molecule has 3 N–H and O–H groups in total. The van der Waals surface area contributed by atoms with Crippen molar-refractivity contribution in [1.82, 2.24) is 10.6 Å². The van der Waals surface area contributed by atoms with Gasteiger partial charge in [0, 0.05) is 5.56 Å². The number of aliphatic hydroxyl groups is 1. The number of nitrogens with one attached hydrogen (secondary N) is 2. The number of carbonyl (C=O) groups is 2. The summed E-state index contributed by atoms with van der Waals surface area (Å²) in [5, 5.41) is 15.3. The molecule has 0 bridgehead atoms. The molecule has 1 aromatic rings. The van der Waals surface area contributed by atoms with Gasteiger partial charge in [0.2, 0.25) is 5.91 Å². The summed E-state index contributed by atoms with van der Waals surface area (Å²) in [6, 6.07) is 6.30. The number of aryl methyl sites for hydroxylation is 1. The number of carbonyl (C=O) groups excluding carboxylic acids is 2. The first-order valence-electron chi connectivity index (χ1n) is 8.90. The van der Waals surface area contributed by atoms with Gasteiger partial charge in [-0.2, -0.15) is 0 Å². The zero-order valence-corrected chi connectivity index (χ0v) is 15.1. The number of amides is 2. The van der Waals surface area contributed by atoms with Gasteiger partial charge in [0.15, 0.2) is 6.29 Å². The Labute approximate surface area is 149 Å². The molecule has 2 amide bonds. The zero-order valence-electron chi connectivity index (χ0n) is 15.1. The fourth-order valence-electron chi connectivity index (χ4n) is 2.84. The van der Waals surface area contributed by atoms with Crippen molar-refractivity contribution < 1.29 is 19.4 Å². The summed E-state index contributed by atoms with van der Waals surface area (Å²) in [6.07, 6.45) is 1.01. The van der Waals surface area contributed by atoms with Crippen LogP contribution in [-0.4, -0.2) is 41.9 Å². The van der Waals surface area contributed by atoms with E-state index in [1.54, 1.807) is 12.1 Å². The van der Waals surface area contributed by atoms with Crippen molar-refractivity contribution in [2.24, 2.45) is 5.92 Å². The summed E-state index contributed by atoms with van der Waals surface area (Å²) in [5.74, 6) is -0.322. The smallest absolute Gasteiger partial charge is 0.251 e. The molecule has 1 saturated heterocycles. The lowest BCUT2D eigenvalue weighted by atomic mass is 10.0. The molecule has 1 aromatic carbocycles. The molecule has 138 valence electrons. The second kappa shape index (κ2) is 8.97. The van der Waals surface area contributed by atoms with Gasteiger partial charge >= 0.3 is 0 Å². The molecule has 0 aromatic heterocycles. The van der Waals surface area contributed by atoms with Gasteiger partial charge in [0.25, 0.3) is 5.91 Å². The third-order valence-corrected chi connectivity index (χ3v) is 4.34. The van der Waals surface area contributed by atoms with Crippen LogP contribution < -0.4 is 10.6 Å². The molecular weight excluding hydrogens is 320 g/mol. The lowest BCUT2D eigenvalue weighted by Gasteiger charge is -2.23. The van der Waals surface area contributed by atoms with Crippen LogP contribution >= 0.6 is 0 Å². The number of rotatable bonds is 7. The van der Waals surface area contributed by atoms with Gasteiger partial charge in [0.05, 0.1) is 12.6 Å². The van der Waals surface area contributed by atoms with Crippen LogP contribution in [0.15, 0.2) is 24.3 Å². The van der Waals surface area contributed by atoms with E-state index in [1.807, 2.05) is 26.0 Å². The first-order valence-corrected chi connectivity index (χ1v) is 8.90.